The standard InChI is InChI=1S/C14H26N2O3/c1-13(2,3)19-12(18)16-7-6-14(9-16)8-10(15)4-5-11(14)17/h10-11,17H,4-9,15H2,1-3H3. The lowest BCUT2D eigenvalue weighted by Crippen LogP contribution is -2.48. The van der Waals surface area contributed by atoms with Gasteiger partial charge in [-0.1, -0.05) is 0 Å². The Morgan fingerprint density at radius 3 is 2.74 bits per heavy atom. The molecular weight excluding hydrogens is 244 g/mol. The smallest absolute Gasteiger partial charge is 0.410 e. The fourth-order valence-corrected chi connectivity index (χ4v) is 3.26. The van der Waals surface area contributed by atoms with Crippen LogP contribution in [0.5, 0.6) is 0 Å². The third-order valence-electron chi connectivity index (χ3n) is 4.22. The molecule has 1 saturated carbocycles. The minimum absolute atomic E-state index is 0.141. The minimum atomic E-state index is -0.478. The summed E-state index contributed by atoms with van der Waals surface area (Å²) in [5, 5.41) is 10.3. The average Bonchev–Trinajstić information content (AvgIpc) is 2.67. The van der Waals surface area contributed by atoms with Gasteiger partial charge in [-0.25, -0.2) is 4.79 Å². The van der Waals surface area contributed by atoms with E-state index in [9.17, 15) is 9.90 Å². The van der Waals surface area contributed by atoms with Crippen LogP contribution in [0.15, 0.2) is 0 Å². The first-order valence-corrected chi connectivity index (χ1v) is 7.13. The molecular formula is C14H26N2O3. The maximum absolute atomic E-state index is 12.1. The molecule has 5 nitrogen and oxygen atoms in total. The van der Waals surface area contributed by atoms with Crippen LogP contribution in [0.4, 0.5) is 4.79 Å². The fourth-order valence-electron chi connectivity index (χ4n) is 3.26. The molecule has 1 aliphatic heterocycles. The molecule has 1 saturated heterocycles. The highest BCUT2D eigenvalue weighted by atomic mass is 16.6. The van der Waals surface area contributed by atoms with Crippen LogP contribution < -0.4 is 5.73 Å². The predicted molar refractivity (Wildman–Crippen MR) is 72.7 cm³/mol. The Kier molecular flexibility index (Phi) is 3.80. The fraction of sp³-hybridized carbons (Fsp3) is 0.929. The van der Waals surface area contributed by atoms with Crippen molar-refractivity contribution in [1.29, 1.82) is 0 Å². The van der Waals surface area contributed by atoms with E-state index in [4.69, 9.17) is 10.5 Å². The number of hydrogen-bond acceptors (Lipinski definition) is 4. The van der Waals surface area contributed by atoms with Crippen LogP contribution >= 0.6 is 0 Å². The van der Waals surface area contributed by atoms with Gasteiger partial charge in [0.1, 0.15) is 5.60 Å². The number of carbonyl (C=O) groups is 1. The number of aliphatic hydroxyl groups excluding tert-OH is 1. The zero-order valence-electron chi connectivity index (χ0n) is 12.2. The monoisotopic (exact) mass is 270 g/mol. The number of aliphatic hydroxyl groups is 1. The second-order valence-corrected chi connectivity index (χ2v) is 7.07. The van der Waals surface area contributed by atoms with Crippen molar-refractivity contribution in [3.8, 4) is 0 Å². The van der Waals surface area contributed by atoms with Crippen molar-refractivity contribution in [1.82, 2.24) is 4.90 Å². The average molecular weight is 270 g/mol. The van der Waals surface area contributed by atoms with E-state index >= 15 is 0 Å². The van der Waals surface area contributed by atoms with E-state index in [1.807, 2.05) is 20.8 Å². The summed E-state index contributed by atoms with van der Waals surface area (Å²) < 4.78 is 5.39. The van der Waals surface area contributed by atoms with Crippen molar-refractivity contribution in [2.24, 2.45) is 11.1 Å². The number of nitrogens with zero attached hydrogens (tertiary/aromatic N) is 1. The molecule has 0 radical (unpaired) electrons. The molecule has 0 aromatic carbocycles. The van der Waals surface area contributed by atoms with E-state index < -0.39 is 5.60 Å². The Bertz CT molecular complexity index is 353. The summed E-state index contributed by atoms with van der Waals surface area (Å²) in [5.41, 5.74) is 5.34. The van der Waals surface area contributed by atoms with Crippen molar-refractivity contribution in [3.05, 3.63) is 0 Å². The molecule has 110 valence electrons. The molecule has 2 fully saturated rings. The SMILES string of the molecule is CC(C)(C)OC(=O)N1CCC2(CC(N)CCC2O)C1. The second kappa shape index (κ2) is 4.94. The minimum Gasteiger partial charge on any atom is -0.444 e. The van der Waals surface area contributed by atoms with Crippen LogP contribution in [-0.2, 0) is 4.74 Å². The highest BCUT2D eigenvalue weighted by molar-refractivity contribution is 5.68. The Morgan fingerprint density at radius 2 is 2.11 bits per heavy atom. The van der Waals surface area contributed by atoms with Gasteiger partial charge >= 0.3 is 6.09 Å². The molecule has 19 heavy (non-hydrogen) atoms. The lowest BCUT2D eigenvalue weighted by molar-refractivity contribution is -0.0161. The van der Waals surface area contributed by atoms with Crippen molar-refractivity contribution >= 4 is 6.09 Å². The van der Waals surface area contributed by atoms with E-state index in [-0.39, 0.29) is 23.7 Å². The van der Waals surface area contributed by atoms with Gasteiger partial charge in [-0.15, -0.1) is 0 Å². The van der Waals surface area contributed by atoms with Crippen LogP contribution in [0.2, 0.25) is 0 Å². The molecule has 5 heteroatoms. The maximum Gasteiger partial charge on any atom is 0.410 e. The topological polar surface area (TPSA) is 75.8 Å². The summed E-state index contributed by atoms with van der Waals surface area (Å²) in [4.78, 5) is 13.8. The first-order valence-electron chi connectivity index (χ1n) is 7.13. The summed E-state index contributed by atoms with van der Waals surface area (Å²) in [7, 11) is 0. The molecule has 1 amide bonds. The van der Waals surface area contributed by atoms with Gasteiger partial charge in [0.25, 0.3) is 0 Å². The van der Waals surface area contributed by atoms with Crippen molar-refractivity contribution < 1.29 is 14.6 Å². The molecule has 0 aromatic heterocycles. The molecule has 1 aliphatic carbocycles. The Morgan fingerprint density at radius 1 is 1.42 bits per heavy atom. The van der Waals surface area contributed by atoms with E-state index in [1.54, 1.807) is 4.90 Å². The highest BCUT2D eigenvalue weighted by Crippen LogP contribution is 2.43. The zero-order chi connectivity index (χ0) is 14.3. The van der Waals surface area contributed by atoms with Gasteiger partial charge in [-0.3, -0.25) is 0 Å². The third kappa shape index (κ3) is 3.20. The van der Waals surface area contributed by atoms with E-state index in [0.717, 1.165) is 25.7 Å². The maximum atomic E-state index is 12.1. The first kappa shape index (κ1) is 14.6. The number of nitrogens with two attached hydrogens (primary N) is 1. The normalized spacial score (nSPS) is 35.7. The molecule has 0 aromatic rings. The van der Waals surface area contributed by atoms with Gasteiger partial charge < -0.3 is 20.5 Å². The van der Waals surface area contributed by atoms with E-state index in [1.165, 1.54) is 0 Å². The Balaban J connectivity index is 2.00. The molecule has 2 rings (SSSR count). The molecule has 1 heterocycles. The largest absolute Gasteiger partial charge is 0.444 e. The molecule has 0 bridgehead atoms. The first-order chi connectivity index (χ1) is 8.72. The lowest BCUT2D eigenvalue weighted by Gasteiger charge is -2.40. The number of hydrogen-bond donors (Lipinski definition) is 2. The summed E-state index contributed by atoms with van der Waals surface area (Å²) in [5.74, 6) is 0. The van der Waals surface area contributed by atoms with E-state index in [2.05, 4.69) is 0 Å². The molecule has 3 N–H and O–H groups in total. The number of likely N-dealkylation sites (tertiary alicyclic amines) is 1. The Labute approximate surface area is 115 Å². The Hall–Kier alpha value is -0.810. The molecule has 3 unspecified atom stereocenters. The van der Waals surface area contributed by atoms with Gasteiger partial charge in [-0.05, 0) is 46.5 Å². The molecule has 3 atom stereocenters. The molecule has 1 spiro atoms. The zero-order valence-corrected chi connectivity index (χ0v) is 12.2. The van der Waals surface area contributed by atoms with E-state index in [0.29, 0.717) is 13.1 Å². The second-order valence-electron chi connectivity index (χ2n) is 7.07. The lowest BCUT2D eigenvalue weighted by atomic mass is 9.69. The van der Waals surface area contributed by atoms with Crippen LogP contribution in [0.25, 0.3) is 0 Å². The van der Waals surface area contributed by atoms with Crippen molar-refractivity contribution in [2.75, 3.05) is 13.1 Å². The van der Waals surface area contributed by atoms with Gasteiger partial charge in [0.2, 0.25) is 0 Å². The van der Waals surface area contributed by atoms with Crippen LogP contribution in [0, 0.1) is 5.41 Å². The van der Waals surface area contributed by atoms with Crippen molar-refractivity contribution in [3.63, 3.8) is 0 Å². The van der Waals surface area contributed by atoms with Crippen LogP contribution in [0.3, 0.4) is 0 Å². The summed E-state index contributed by atoms with van der Waals surface area (Å²) >= 11 is 0. The summed E-state index contributed by atoms with van der Waals surface area (Å²) in [6.45, 7) is 6.81. The van der Waals surface area contributed by atoms with Crippen LogP contribution in [0.1, 0.15) is 46.5 Å². The van der Waals surface area contributed by atoms with Crippen molar-refractivity contribution in [2.45, 2.75) is 64.2 Å². The van der Waals surface area contributed by atoms with Gasteiger partial charge in [0.15, 0.2) is 0 Å². The number of carbonyl (C=O) groups excluding carboxylic acids is 1. The number of rotatable bonds is 0. The number of ether oxygens (including phenoxy) is 1. The quantitative estimate of drug-likeness (QED) is 0.699. The highest BCUT2D eigenvalue weighted by Gasteiger charge is 2.48. The van der Waals surface area contributed by atoms with Gasteiger partial charge in [0, 0.05) is 24.5 Å². The third-order valence-corrected chi connectivity index (χ3v) is 4.22. The summed E-state index contributed by atoms with van der Waals surface area (Å²) in [6.07, 6.45) is 2.60. The molecule has 2 aliphatic rings. The van der Waals surface area contributed by atoms with Gasteiger partial charge in [-0.2, -0.15) is 0 Å². The van der Waals surface area contributed by atoms with Gasteiger partial charge in [0.05, 0.1) is 6.10 Å². The predicted octanol–water partition coefficient (Wildman–Crippen LogP) is 1.49. The number of amides is 1. The summed E-state index contributed by atoms with van der Waals surface area (Å²) in [6, 6.07) is 0.141. The van der Waals surface area contributed by atoms with Crippen LogP contribution in [-0.4, -0.2) is 46.9 Å².